The zero-order valence-electron chi connectivity index (χ0n) is 9.11. The summed E-state index contributed by atoms with van der Waals surface area (Å²) >= 11 is 0. The van der Waals surface area contributed by atoms with Crippen LogP contribution in [0.5, 0.6) is 5.75 Å². The lowest BCUT2D eigenvalue weighted by Gasteiger charge is -2.22. The second kappa shape index (κ2) is 5.68. The number of halogens is 1. The fourth-order valence-corrected chi connectivity index (χ4v) is 1.18. The zero-order valence-corrected chi connectivity index (χ0v) is 9.11. The third-order valence-electron chi connectivity index (χ3n) is 2.24. The van der Waals surface area contributed by atoms with Crippen molar-refractivity contribution in [2.24, 2.45) is 5.73 Å². The van der Waals surface area contributed by atoms with Crippen LogP contribution < -0.4 is 10.5 Å². The lowest BCUT2D eigenvalue weighted by Crippen LogP contribution is -2.39. The summed E-state index contributed by atoms with van der Waals surface area (Å²) in [6.07, 6.45) is 0. The second-order valence-electron chi connectivity index (χ2n) is 3.62. The monoisotopic (exact) mass is 212 g/mol. The van der Waals surface area contributed by atoms with Crippen LogP contribution >= 0.6 is 0 Å². The summed E-state index contributed by atoms with van der Waals surface area (Å²) in [7, 11) is 3.87. The van der Waals surface area contributed by atoms with E-state index in [4.69, 9.17) is 10.5 Å². The first-order valence-corrected chi connectivity index (χ1v) is 4.88. The summed E-state index contributed by atoms with van der Waals surface area (Å²) in [6.45, 7) is 0.981. The molecule has 1 unspecified atom stereocenters. The number of likely N-dealkylation sites (N-methyl/N-ethyl adjacent to an activating group) is 1. The number of benzene rings is 1. The maximum absolute atomic E-state index is 12.8. The number of nitrogens with two attached hydrogens (primary N) is 1. The van der Waals surface area contributed by atoms with Crippen molar-refractivity contribution in [2.75, 3.05) is 27.2 Å². The first kappa shape index (κ1) is 11.9. The molecule has 1 atom stereocenters. The van der Waals surface area contributed by atoms with Crippen molar-refractivity contribution >= 4 is 0 Å². The van der Waals surface area contributed by atoms with Crippen molar-refractivity contribution in [1.29, 1.82) is 0 Å². The molecule has 15 heavy (non-hydrogen) atoms. The Morgan fingerprint density at radius 2 is 2.20 bits per heavy atom. The number of hydrogen-bond donors (Lipinski definition) is 1. The largest absolute Gasteiger partial charge is 0.492 e. The molecule has 1 rings (SSSR count). The summed E-state index contributed by atoms with van der Waals surface area (Å²) in [5.41, 5.74) is 5.57. The van der Waals surface area contributed by atoms with Crippen LogP contribution in [0.2, 0.25) is 0 Å². The molecule has 84 valence electrons. The van der Waals surface area contributed by atoms with E-state index in [1.165, 1.54) is 12.1 Å². The second-order valence-corrected chi connectivity index (χ2v) is 3.62. The fraction of sp³-hybridized carbons (Fsp3) is 0.455. The summed E-state index contributed by atoms with van der Waals surface area (Å²) in [5.74, 6) is 0.247. The van der Waals surface area contributed by atoms with Crippen LogP contribution in [0, 0.1) is 5.82 Å². The molecular weight excluding hydrogens is 195 g/mol. The van der Waals surface area contributed by atoms with Gasteiger partial charge in [-0.3, -0.25) is 0 Å². The van der Waals surface area contributed by atoms with Crippen molar-refractivity contribution in [3.8, 4) is 5.75 Å². The predicted molar refractivity (Wildman–Crippen MR) is 58.4 cm³/mol. The first-order valence-electron chi connectivity index (χ1n) is 4.88. The van der Waals surface area contributed by atoms with Gasteiger partial charge in [0.1, 0.15) is 18.2 Å². The molecule has 0 aliphatic heterocycles. The van der Waals surface area contributed by atoms with E-state index in [9.17, 15) is 4.39 Å². The Bertz CT molecular complexity index is 304. The van der Waals surface area contributed by atoms with Gasteiger partial charge in [0.25, 0.3) is 0 Å². The van der Waals surface area contributed by atoms with Crippen LogP contribution in [0.1, 0.15) is 0 Å². The lowest BCUT2D eigenvalue weighted by molar-refractivity contribution is 0.190. The molecule has 0 radical (unpaired) electrons. The summed E-state index contributed by atoms with van der Waals surface area (Å²) in [6, 6.07) is 6.25. The van der Waals surface area contributed by atoms with E-state index in [-0.39, 0.29) is 11.9 Å². The van der Waals surface area contributed by atoms with E-state index in [1.54, 1.807) is 12.1 Å². The van der Waals surface area contributed by atoms with Crippen LogP contribution in [0.15, 0.2) is 24.3 Å². The van der Waals surface area contributed by atoms with Crippen LogP contribution in [-0.2, 0) is 0 Å². The Kier molecular flexibility index (Phi) is 4.52. The van der Waals surface area contributed by atoms with Crippen LogP contribution in [0.25, 0.3) is 0 Å². The van der Waals surface area contributed by atoms with E-state index in [0.717, 1.165) is 0 Å². The molecule has 0 saturated heterocycles. The molecule has 0 amide bonds. The molecule has 0 aliphatic rings. The Balaban J connectivity index is 2.49. The van der Waals surface area contributed by atoms with Gasteiger partial charge < -0.3 is 15.4 Å². The van der Waals surface area contributed by atoms with Gasteiger partial charge in [-0.15, -0.1) is 0 Å². The van der Waals surface area contributed by atoms with Gasteiger partial charge in [0.15, 0.2) is 0 Å². The highest BCUT2D eigenvalue weighted by Crippen LogP contribution is 2.12. The van der Waals surface area contributed by atoms with E-state index in [0.29, 0.717) is 18.9 Å². The van der Waals surface area contributed by atoms with Crippen LogP contribution in [0.4, 0.5) is 4.39 Å². The molecule has 0 aliphatic carbocycles. The molecule has 4 heteroatoms. The summed E-state index contributed by atoms with van der Waals surface area (Å²) in [4.78, 5) is 1.99. The van der Waals surface area contributed by atoms with Crippen molar-refractivity contribution in [3.63, 3.8) is 0 Å². The number of nitrogens with zero attached hydrogens (tertiary/aromatic N) is 1. The third kappa shape index (κ3) is 3.85. The fourth-order valence-electron chi connectivity index (χ4n) is 1.18. The minimum absolute atomic E-state index is 0.147. The van der Waals surface area contributed by atoms with Gasteiger partial charge in [0.2, 0.25) is 0 Å². The Hall–Kier alpha value is -1.13. The molecule has 1 aromatic rings. The summed E-state index contributed by atoms with van der Waals surface area (Å²) in [5, 5.41) is 0. The molecule has 0 fully saturated rings. The third-order valence-corrected chi connectivity index (χ3v) is 2.24. The average molecular weight is 212 g/mol. The van der Waals surface area contributed by atoms with Gasteiger partial charge in [-0.1, -0.05) is 6.07 Å². The number of hydrogen-bond acceptors (Lipinski definition) is 3. The Morgan fingerprint density at radius 3 is 2.73 bits per heavy atom. The Labute approximate surface area is 89.6 Å². The smallest absolute Gasteiger partial charge is 0.126 e. The highest BCUT2D eigenvalue weighted by atomic mass is 19.1. The van der Waals surface area contributed by atoms with Gasteiger partial charge in [0, 0.05) is 12.6 Å². The average Bonchev–Trinajstić information content (AvgIpc) is 2.18. The molecule has 0 bridgehead atoms. The molecule has 3 nitrogen and oxygen atoms in total. The maximum Gasteiger partial charge on any atom is 0.126 e. The van der Waals surface area contributed by atoms with E-state index < -0.39 is 0 Å². The molecule has 2 N–H and O–H groups in total. The van der Waals surface area contributed by atoms with Gasteiger partial charge >= 0.3 is 0 Å². The van der Waals surface area contributed by atoms with Gasteiger partial charge in [-0.2, -0.15) is 0 Å². The van der Waals surface area contributed by atoms with E-state index in [2.05, 4.69) is 0 Å². The molecular formula is C11H17FN2O. The highest BCUT2D eigenvalue weighted by Gasteiger charge is 2.09. The molecule has 0 spiro atoms. The van der Waals surface area contributed by atoms with Gasteiger partial charge in [0.05, 0.1) is 6.04 Å². The van der Waals surface area contributed by atoms with Crippen LogP contribution in [-0.4, -0.2) is 38.2 Å². The lowest BCUT2D eigenvalue weighted by atomic mass is 10.3. The maximum atomic E-state index is 12.8. The zero-order chi connectivity index (χ0) is 11.3. The van der Waals surface area contributed by atoms with Gasteiger partial charge in [-0.25, -0.2) is 4.39 Å². The quantitative estimate of drug-likeness (QED) is 0.794. The van der Waals surface area contributed by atoms with Crippen LogP contribution in [0.3, 0.4) is 0 Å². The highest BCUT2D eigenvalue weighted by molar-refractivity contribution is 5.22. The molecule has 0 aromatic heterocycles. The first-order chi connectivity index (χ1) is 7.13. The van der Waals surface area contributed by atoms with Gasteiger partial charge in [-0.05, 0) is 26.2 Å². The normalized spacial score (nSPS) is 12.9. The van der Waals surface area contributed by atoms with Crippen molar-refractivity contribution in [1.82, 2.24) is 4.90 Å². The van der Waals surface area contributed by atoms with E-state index >= 15 is 0 Å². The van der Waals surface area contributed by atoms with Crippen molar-refractivity contribution < 1.29 is 9.13 Å². The minimum Gasteiger partial charge on any atom is -0.492 e. The molecule has 0 heterocycles. The number of ether oxygens (including phenoxy) is 1. The Morgan fingerprint density at radius 1 is 1.47 bits per heavy atom. The number of rotatable bonds is 5. The van der Waals surface area contributed by atoms with Crippen molar-refractivity contribution in [3.05, 3.63) is 30.1 Å². The molecule has 0 saturated carbocycles. The summed E-state index contributed by atoms with van der Waals surface area (Å²) < 4.78 is 18.3. The SMILES string of the molecule is CN(C)C(CN)COc1cccc(F)c1. The predicted octanol–water partition coefficient (Wildman–Crippen LogP) is 1.09. The van der Waals surface area contributed by atoms with Crippen molar-refractivity contribution in [2.45, 2.75) is 6.04 Å². The minimum atomic E-state index is -0.290. The standard InChI is InChI=1S/C11H17FN2O/c1-14(2)10(7-13)8-15-11-5-3-4-9(12)6-11/h3-6,10H,7-8,13H2,1-2H3. The molecule has 1 aromatic carbocycles. The topological polar surface area (TPSA) is 38.5 Å². The van der Waals surface area contributed by atoms with E-state index in [1.807, 2.05) is 19.0 Å².